The molecule has 2 heterocycles. The zero-order valence-corrected chi connectivity index (χ0v) is 14.3. The Hall–Kier alpha value is -3.02. The van der Waals surface area contributed by atoms with Gasteiger partial charge in [-0.05, 0) is 37.5 Å². The summed E-state index contributed by atoms with van der Waals surface area (Å²) in [5.41, 5.74) is 4.59. The van der Waals surface area contributed by atoms with E-state index in [1.807, 2.05) is 25.1 Å². The summed E-state index contributed by atoms with van der Waals surface area (Å²) in [6, 6.07) is 5.73. The molecule has 0 saturated heterocycles. The van der Waals surface area contributed by atoms with E-state index in [9.17, 15) is 19.2 Å². The lowest BCUT2D eigenvalue weighted by Gasteiger charge is -2.10. The molecule has 128 valence electrons. The first kappa shape index (κ1) is 16.8. The number of rotatable bonds is 4. The fraction of sp³-hybridized carbons (Fsp3) is 0.263. The van der Waals surface area contributed by atoms with Crippen LogP contribution in [0, 0.1) is 6.92 Å². The van der Waals surface area contributed by atoms with E-state index in [1.54, 1.807) is 13.8 Å². The molecule has 0 saturated carbocycles. The smallest absolute Gasteiger partial charge is 0.254 e. The van der Waals surface area contributed by atoms with Crippen molar-refractivity contribution >= 4 is 23.6 Å². The maximum Gasteiger partial charge on any atom is 0.254 e. The van der Waals surface area contributed by atoms with Crippen LogP contribution in [0.25, 0.3) is 0 Å². The number of aryl methyl sites for hydroxylation is 1. The van der Waals surface area contributed by atoms with Gasteiger partial charge in [0.2, 0.25) is 0 Å². The Kier molecular flexibility index (Phi) is 4.12. The van der Waals surface area contributed by atoms with Crippen LogP contribution in [0.15, 0.2) is 40.5 Å². The van der Waals surface area contributed by atoms with Crippen LogP contribution in [-0.2, 0) is 32.0 Å². The van der Waals surface area contributed by atoms with Crippen molar-refractivity contribution in [2.45, 2.75) is 33.6 Å². The van der Waals surface area contributed by atoms with Gasteiger partial charge < -0.3 is 0 Å². The maximum absolute atomic E-state index is 11.9. The summed E-state index contributed by atoms with van der Waals surface area (Å²) in [6.07, 6.45) is 0.700. The number of nitrogens with one attached hydrogen (secondary N) is 2. The van der Waals surface area contributed by atoms with Crippen LogP contribution in [0.3, 0.4) is 0 Å². The summed E-state index contributed by atoms with van der Waals surface area (Å²) in [6.45, 7) is 5.20. The topological polar surface area (TPSA) is 92.3 Å². The number of hydrogen-bond donors (Lipinski definition) is 2. The summed E-state index contributed by atoms with van der Waals surface area (Å²) in [4.78, 5) is 46.9. The highest BCUT2D eigenvalue weighted by Crippen LogP contribution is 2.23. The van der Waals surface area contributed by atoms with Crippen LogP contribution in [0.5, 0.6) is 0 Å². The zero-order chi connectivity index (χ0) is 18.3. The quantitative estimate of drug-likeness (QED) is 0.802. The van der Waals surface area contributed by atoms with Gasteiger partial charge in [0.1, 0.15) is 0 Å². The number of imide groups is 2. The van der Waals surface area contributed by atoms with Crippen molar-refractivity contribution in [2.75, 3.05) is 0 Å². The minimum atomic E-state index is -0.357. The van der Waals surface area contributed by atoms with Gasteiger partial charge in [0.25, 0.3) is 23.6 Å². The Morgan fingerprint density at radius 2 is 1.24 bits per heavy atom. The van der Waals surface area contributed by atoms with E-state index in [0.29, 0.717) is 35.1 Å². The molecule has 0 spiro atoms. The molecule has 0 aliphatic carbocycles. The minimum absolute atomic E-state index is 0.347. The molecule has 4 amide bonds. The van der Waals surface area contributed by atoms with Gasteiger partial charge in [-0.3, -0.25) is 29.8 Å². The summed E-state index contributed by atoms with van der Waals surface area (Å²) in [5.74, 6) is -1.42. The van der Waals surface area contributed by atoms with Crippen LogP contribution in [0.1, 0.15) is 30.5 Å². The number of amides is 4. The molecule has 1 aromatic carbocycles. The van der Waals surface area contributed by atoms with E-state index >= 15 is 0 Å². The van der Waals surface area contributed by atoms with Gasteiger partial charge in [-0.1, -0.05) is 18.2 Å². The monoisotopic (exact) mass is 338 g/mol. The predicted molar refractivity (Wildman–Crippen MR) is 90.3 cm³/mol. The third-order valence-corrected chi connectivity index (χ3v) is 4.75. The van der Waals surface area contributed by atoms with Gasteiger partial charge >= 0.3 is 0 Å². The second-order valence-corrected chi connectivity index (χ2v) is 6.39. The van der Waals surface area contributed by atoms with Crippen LogP contribution in [0.4, 0.5) is 0 Å². The fourth-order valence-corrected chi connectivity index (χ4v) is 3.00. The molecule has 0 bridgehead atoms. The zero-order valence-electron chi connectivity index (χ0n) is 14.3. The van der Waals surface area contributed by atoms with E-state index in [0.717, 1.165) is 16.7 Å². The van der Waals surface area contributed by atoms with Gasteiger partial charge in [-0.25, -0.2) is 0 Å². The highest BCUT2D eigenvalue weighted by molar-refractivity contribution is 6.19. The first-order valence-electron chi connectivity index (χ1n) is 7.97. The molecule has 6 heteroatoms. The van der Waals surface area contributed by atoms with Crippen LogP contribution in [-0.4, -0.2) is 23.6 Å². The van der Waals surface area contributed by atoms with Crippen molar-refractivity contribution in [1.29, 1.82) is 0 Å². The highest BCUT2D eigenvalue weighted by atomic mass is 16.2. The van der Waals surface area contributed by atoms with Gasteiger partial charge in [0.15, 0.2) is 0 Å². The molecular weight excluding hydrogens is 320 g/mol. The standard InChI is InChI=1S/C19H18N2O4/c1-9-4-5-12(7-14-10(2)16(22)20-18(14)24)6-13(9)8-15-11(3)17(23)21-19(15)25/h4-6H,7-8H2,1-3H3,(H,20,22,24)(H,21,23,25). The van der Waals surface area contributed by atoms with Gasteiger partial charge in [0.05, 0.1) is 0 Å². The molecule has 0 unspecified atom stereocenters. The summed E-state index contributed by atoms with van der Waals surface area (Å²) >= 11 is 0. The fourth-order valence-electron chi connectivity index (χ4n) is 3.00. The molecule has 2 N–H and O–H groups in total. The Morgan fingerprint density at radius 3 is 1.72 bits per heavy atom. The van der Waals surface area contributed by atoms with Crippen molar-refractivity contribution in [3.8, 4) is 0 Å². The summed E-state index contributed by atoms with van der Waals surface area (Å²) in [7, 11) is 0. The van der Waals surface area contributed by atoms with Crippen molar-refractivity contribution in [3.63, 3.8) is 0 Å². The average Bonchev–Trinajstić information content (AvgIpc) is 2.94. The average molecular weight is 338 g/mol. The van der Waals surface area contributed by atoms with Crippen molar-refractivity contribution in [3.05, 3.63) is 57.2 Å². The molecule has 0 radical (unpaired) electrons. The van der Waals surface area contributed by atoms with Crippen LogP contribution in [0.2, 0.25) is 0 Å². The van der Waals surface area contributed by atoms with Gasteiger partial charge in [-0.15, -0.1) is 0 Å². The summed E-state index contributed by atoms with van der Waals surface area (Å²) in [5, 5.41) is 4.58. The van der Waals surface area contributed by atoms with E-state index in [1.165, 1.54) is 0 Å². The third kappa shape index (κ3) is 3.03. The van der Waals surface area contributed by atoms with Crippen LogP contribution < -0.4 is 10.6 Å². The van der Waals surface area contributed by atoms with Crippen LogP contribution >= 0.6 is 0 Å². The molecule has 6 nitrogen and oxygen atoms in total. The molecule has 0 aromatic heterocycles. The minimum Gasteiger partial charge on any atom is -0.289 e. The van der Waals surface area contributed by atoms with Crippen molar-refractivity contribution < 1.29 is 19.2 Å². The SMILES string of the molecule is CC1=C(Cc2ccc(C)c(CC3=C(C)C(=O)NC3=O)c2)C(=O)NC1=O. The number of benzene rings is 1. The Bertz CT molecular complexity index is 906. The molecule has 0 atom stereocenters. The lowest BCUT2D eigenvalue weighted by molar-refractivity contribution is -0.125. The second-order valence-electron chi connectivity index (χ2n) is 6.39. The number of carbonyl (C=O) groups is 4. The Morgan fingerprint density at radius 1 is 0.720 bits per heavy atom. The maximum atomic E-state index is 11.9. The van der Waals surface area contributed by atoms with E-state index < -0.39 is 0 Å². The highest BCUT2D eigenvalue weighted by Gasteiger charge is 2.28. The number of hydrogen-bond acceptors (Lipinski definition) is 4. The molecule has 25 heavy (non-hydrogen) atoms. The molecular formula is C19H18N2O4. The molecule has 3 rings (SSSR count). The van der Waals surface area contributed by atoms with E-state index in [2.05, 4.69) is 10.6 Å². The second kappa shape index (κ2) is 6.12. The van der Waals surface area contributed by atoms with E-state index in [4.69, 9.17) is 0 Å². The summed E-state index contributed by atoms with van der Waals surface area (Å²) < 4.78 is 0. The Balaban J connectivity index is 1.90. The number of carbonyl (C=O) groups excluding carboxylic acids is 4. The lowest BCUT2D eigenvalue weighted by atomic mass is 9.94. The molecule has 1 aromatic rings. The molecule has 2 aliphatic heterocycles. The molecule has 0 fully saturated rings. The first-order chi connectivity index (χ1) is 11.8. The van der Waals surface area contributed by atoms with Crippen molar-refractivity contribution in [2.24, 2.45) is 0 Å². The Labute approximate surface area is 145 Å². The first-order valence-corrected chi connectivity index (χ1v) is 7.97. The van der Waals surface area contributed by atoms with Gasteiger partial charge in [-0.2, -0.15) is 0 Å². The van der Waals surface area contributed by atoms with Gasteiger partial charge in [0, 0.05) is 35.1 Å². The molecule has 2 aliphatic rings. The van der Waals surface area contributed by atoms with Crippen molar-refractivity contribution in [1.82, 2.24) is 10.6 Å². The predicted octanol–water partition coefficient (Wildman–Crippen LogP) is 1.03. The third-order valence-electron chi connectivity index (χ3n) is 4.75. The van der Waals surface area contributed by atoms with E-state index in [-0.39, 0.29) is 23.6 Å². The normalized spacial score (nSPS) is 17.6. The lowest BCUT2D eigenvalue weighted by Crippen LogP contribution is -2.23. The largest absolute Gasteiger partial charge is 0.289 e.